The molecule has 0 radical (unpaired) electrons. The van der Waals surface area contributed by atoms with Gasteiger partial charge in [-0.1, -0.05) is 24.3 Å². The lowest BCUT2D eigenvalue weighted by Crippen LogP contribution is -2.43. The Morgan fingerprint density at radius 3 is 2.64 bits per heavy atom. The van der Waals surface area contributed by atoms with Crippen LogP contribution in [0.25, 0.3) is 10.8 Å². The molecule has 0 aliphatic carbocycles. The molecule has 9 heteroatoms. The largest absolute Gasteiger partial charge is 0.496 e. The molecule has 1 fully saturated rings. The number of hydrogen-bond acceptors (Lipinski definition) is 5. The van der Waals surface area contributed by atoms with Crippen LogP contribution in [-0.4, -0.2) is 57.1 Å². The van der Waals surface area contributed by atoms with E-state index in [0.29, 0.717) is 30.8 Å². The first-order valence-electron chi connectivity index (χ1n) is 8.92. The number of piperidine rings is 1. The lowest BCUT2D eigenvalue weighted by molar-refractivity contribution is -0.136. The highest BCUT2D eigenvalue weighted by molar-refractivity contribution is 7.89. The van der Waals surface area contributed by atoms with Gasteiger partial charge in [0.1, 0.15) is 5.75 Å². The lowest BCUT2D eigenvalue weighted by atomic mass is 10.00. The minimum absolute atomic E-state index is 0. The van der Waals surface area contributed by atoms with Crippen molar-refractivity contribution in [2.24, 2.45) is 5.92 Å². The Hall–Kier alpha value is -1.87. The summed E-state index contributed by atoms with van der Waals surface area (Å²) in [7, 11) is -2.09. The van der Waals surface area contributed by atoms with Gasteiger partial charge in [0.15, 0.2) is 0 Å². The molecule has 1 saturated heterocycles. The fraction of sp³-hybridized carbons (Fsp3) is 0.421. The van der Waals surface area contributed by atoms with Gasteiger partial charge in [0.25, 0.3) is 0 Å². The zero-order valence-electron chi connectivity index (χ0n) is 15.6. The van der Waals surface area contributed by atoms with Gasteiger partial charge in [-0.2, -0.15) is 4.31 Å². The standard InChI is InChI=1S/C19H24N2O5S.ClH/c1-26-17-8-9-18(16-7-3-2-6-15(16)17)27(24,25)21-10-4-5-14(13-21)11-20-12-19(22)23;/h2-3,6-9,14,20H,4-5,10-13H2,1H3,(H,22,23);1H. The van der Waals surface area contributed by atoms with E-state index in [2.05, 4.69) is 5.32 Å². The Morgan fingerprint density at radius 1 is 1.25 bits per heavy atom. The van der Waals surface area contributed by atoms with Gasteiger partial charge < -0.3 is 15.2 Å². The average molecular weight is 429 g/mol. The second-order valence-electron chi connectivity index (χ2n) is 6.71. The van der Waals surface area contributed by atoms with E-state index in [-0.39, 0.29) is 29.8 Å². The third-order valence-electron chi connectivity index (χ3n) is 4.87. The molecule has 28 heavy (non-hydrogen) atoms. The number of nitrogens with zero attached hydrogens (tertiary/aromatic N) is 1. The molecule has 1 atom stereocenters. The number of carbonyl (C=O) groups is 1. The van der Waals surface area contributed by atoms with Crippen molar-refractivity contribution in [3.05, 3.63) is 36.4 Å². The molecule has 1 aliphatic heterocycles. The SMILES string of the molecule is COc1ccc(S(=O)(=O)N2CCCC(CNCC(=O)O)C2)c2ccccc12.Cl. The van der Waals surface area contributed by atoms with Crippen LogP contribution in [0.1, 0.15) is 12.8 Å². The zero-order valence-corrected chi connectivity index (χ0v) is 17.3. The highest BCUT2D eigenvalue weighted by atomic mass is 35.5. The molecule has 1 heterocycles. The number of aliphatic carboxylic acids is 1. The van der Waals surface area contributed by atoms with Crippen LogP contribution in [0.2, 0.25) is 0 Å². The fourth-order valence-corrected chi connectivity index (χ4v) is 5.33. The fourth-order valence-electron chi connectivity index (χ4n) is 3.58. The summed E-state index contributed by atoms with van der Waals surface area (Å²) in [5, 5.41) is 13.0. The van der Waals surface area contributed by atoms with E-state index in [1.807, 2.05) is 18.2 Å². The van der Waals surface area contributed by atoms with Crippen LogP contribution in [0.4, 0.5) is 0 Å². The molecule has 2 N–H and O–H groups in total. The third kappa shape index (κ3) is 4.75. The molecule has 1 unspecified atom stereocenters. The number of benzene rings is 2. The predicted octanol–water partition coefficient (Wildman–Crippen LogP) is 2.35. The normalized spacial score (nSPS) is 17.8. The Balaban J connectivity index is 0.00000280. The van der Waals surface area contributed by atoms with Gasteiger partial charge in [-0.25, -0.2) is 8.42 Å². The molecule has 2 aromatic carbocycles. The monoisotopic (exact) mass is 428 g/mol. The number of hydrogen-bond donors (Lipinski definition) is 2. The van der Waals surface area contributed by atoms with Crippen LogP contribution in [0.3, 0.4) is 0 Å². The summed E-state index contributed by atoms with van der Waals surface area (Å²) in [5.74, 6) is -0.184. The van der Waals surface area contributed by atoms with Crippen molar-refractivity contribution < 1.29 is 23.1 Å². The predicted molar refractivity (Wildman–Crippen MR) is 110 cm³/mol. The van der Waals surface area contributed by atoms with Gasteiger partial charge in [0, 0.05) is 23.9 Å². The quantitative estimate of drug-likeness (QED) is 0.702. The van der Waals surface area contributed by atoms with Gasteiger partial charge in [-0.15, -0.1) is 12.4 Å². The first-order valence-corrected chi connectivity index (χ1v) is 10.4. The number of sulfonamides is 1. The van der Waals surface area contributed by atoms with Gasteiger partial charge in [-0.3, -0.25) is 4.79 Å². The summed E-state index contributed by atoms with van der Waals surface area (Å²) in [6.45, 7) is 1.22. The maximum absolute atomic E-state index is 13.3. The molecule has 0 bridgehead atoms. The van der Waals surface area contributed by atoms with E-state index in [9.17, 15) is 13.2 Å². The number of methoxy groups -OCH3 is 1. The summed E-state index contributed by atoms with van der Waals surface area (Å²) in [5.41, 5.74) is 0. The summed E-state index contributed by atoms with van der Waals surface area (Å²) in [6, 6.07) is 10.6. The number of halogens is 1. The van der Waals surface area contributed by atoms with Crippen molar-refractivity contribution in [2.75, 3.05) is 33.3 Å². The van der Waals surface area contributed by atoms with Crippen LogP contribution in [0.15, 0.2) is 41.3 Å². The highest BCUT2D eigenvalue weighted by Crippen LogP contribution is 2.33. The molecule has 154 valence electrons. The van der Waals surface area contributed by atoms with Crippen LogP contribution in [0, 0.1) is 5.92 Å². The molecule has 1 aliphatic rings. The zero-order chi connectivity index (χ0) is 19.4. The Labute approximate surface area is 171 Å². The van der Waals surface area contributed by atoms with E-state index in [0.717, 1.165) is 18.2 Å². The van der Waals surface area contributed by atoms with E-state index < -0.39 is 16.0 Å². The molecule has 0 spiro atoms. The van der Waals surface area contributed by atoms with Gasteiger partial charge >= 0.3 is 5.97 Å². The second kappa shape index (κ2) is 9.56. The third-order valence-corrected chi connectivity index (χ3v) is 6.80. The van der Waals surface area contributed by atoms with Gasteiger partial charge in [-0.05, 0) is 37.4 Å². The molecule has 0 saturated carbocycles. The molecule has 3 rings (SSSR count). The molecule has 7 nitrogen and oxygen atoms in total. The number of carboxylic acids is 1. The molecule has 2 aromatic rings. The summed E-state index contributed by atoms with van der Waals surface area (Å²) < 4.78 is 33.5. The Kier molecular flexibility index (Phi) is 7.65. The smallest absolute Gasteiger partial charge is 0.317 e. The van der Waals surface area contributed by atoms with Crippen LogP contribution in [-0.2, 0) is 14.8 Å². The molecular weight excluding hydrogens is 404 g/mol. The number of nitrogens with one attached hydrogen (secondary N) is 1. The Bertz CT molecular complexity index is 935. The maximum Gasteiger partial charge on any atom is 0.317 e. The minimum Gasteiger partial charge on any atom is -0.496 e. The van der Waals surface area contributed by atoms with Crippen molar-refractivity contribution in [2.45, 2.75) is 17.7 Å². The van der Waals surface area contributed by atoms with Crippen molar-refractivity contribution in [1.82, 2.24) is 9.62 Å². The minimum atomic E-state index is -3.65. The second-order valence-corrected chi connectivity index (χ2v) is 8.61. The number of ether oxygens (including phenoxy) is 1. The number of carboxylic acid groups (broad SMARTS) is 1. The van der Waals surface area contributed by atoms with E-state index in [4.69, 9.17) is 9.84 Å². The van der Waals surface area contributed by atoms with Crippen LogP contribution < -0.4 is 10.1 Å². The molecule has 0 aromatic heterocycles. The Morgan fingerprint density at radius 2 is 1.96 bits per heavy atom. The lowest BCUT2D eigenvalue weighted by Gasteiger charge is -2.32. The topological polar surface area (TPSA) is 95.9 Å². The molecule has 0 amide bonds. The van der Waals surface area contributed by atoms with Crippen molar-refractivity contribution >= 4 is 39.2 Å². The number of rotatable bonds is 7. The number of fused-ring (bicyclic) bond motifs is 1. The van der Waals surface area contributed by atoms with E-state index >= 15 is 0 Å². The highest BCUT2D eigenvalue weighted by Gasteiger charge is 2.31. The van der Waals surface area contributed by atoms with Crippen LogP contribution >= 0.6 is 12.4 Å². The van der Waals surface area contributed by atoms with E-state index in [1.165, 1.54) is 4.31 Å². The van der Waals surface area contributed by atoms with Crippen molar-refractivity contribution in [3.8, 4) is 5.75 Å². The first-order chi connectivity index (χ1) is 12.9. The summed E-state index contributed by atoms with van der Waals surface area (Å²) in [4.78, 5) is 10.9. The summed E-state index contributed by atoms with van der Waals surface area (Å²) in [6.07, 6.45) is 1.63. The van der Waals surface area contributed by atoms with Gasteiger partial charge in [0.2, 0.25) is 10.0 Å². The average Bonchev–Trinajstić information content (AvgIpc) is 2.67. The maximum atomic E-state index is 13.3. The van der Waals surface area contributed by atoms with Crippen molar-refractivity contribution in [3.63, 3.8) is 0 Å². The summed E-state index contributed by atoms with van der Waals surface area (Å²) >= 11 is 0. The van der Waals surface area contributed by atoms with Gasteiger partial charge in [0.05, 0.1) is 18.6 Å². The van der Waals surface area contributed by atoms with Crippen LogP contribution in [0.5, 0.6) is 5.75 Å². The van der Waals surface area contributed by atoms with E-state index in [1.54, 1.807) is 25.3 Å². The first kappa shape index (κ1) is 22.4. The van der Waals surface area contributed by atoms with Crippen molar-refractivity contribution in [1.29, 1.82) is 0 Å². The molecular formula is C19H25ClN2O5S.